The topological polar surface area (TPSA) is 83.8 Å². The second kappa shape index (κ2) is 5.57. The predicted molar refractivity (Wildman–Crippen MR) is 78.4 cm³/mol. The Kier molecular flexibility index (Phi) is 3.62. The van der Waals surface area contributed by atoms with Gasteiger partial charge >= 0.3 is 11.8 Å². The lowest BCUT2D eigenvalue weighted by Crippen LogP contribution is -2.25. The van der Waals surface area contributed by atoms with E-state index < -0.39 is 0 Å². The highest BCUT2D eigenvalue weighted by Crippen LogP contribution is 2.22. The van der Waals surface area contributed by atoms with Gasteiger partial charge in [0.1, 0.15) is 0 Å². The van der Waals surface area contributed by atoms with Crippen LogP contribution in [0.1, 0.15) is 22.1 Å². The zero-order valence-corrected chi connectivity index (χ0v) is 12.1. The van der Waals surface area contributed by atoms with Crippen LogP contribution in [0, 0.1) is 6.92 Å². The number of H-pyrrole nitrogens is 1. The average Bonchev–Trinajstić information content (AvgIpc) is 3.05. The van der Waals surface area contributed by atoms with Crippen LogP contribution in [0.15, 0.2) is 28.9 Å². The van der Waals surface area contributed by atoms with Crippen LogP contribution in [-0.4, -0.2) is 27.6 Å². The number of carbonyl (C=O) groups is 1. The summed E-state index contributed by atoms with van der Waals surface area (Å²) in [4.78, 5) is 18.8. The largest absolute Gasteiger partial charge is 0.361 e. The molecule has 7 heteroatoms. The van der Waals surface area contributed by atoms with Crippen molar-refractivity contribution in [2.45, 2.75) is 13.3 Å². The summed E-state index contributed by atoms with van der Waals surface area (Å²) in [5, 5.41) is 8.08. The van der Waals surface area contributed by atoms with Gasteiger partial charge in [0.25, 0.3) is 0 Å². The number of rotatable bonds is 4. The summed E-state index contributed by atoms with van der Waals surface area (Å²) in [6, 6.07) is 5.68. The molecule has 1 aromatic carbocycles. The molecule has 6 nitrogen and oxygen atoms in total. The summed E-state index contributed by atoms with van der Waals surface area (Å²) < 4.78 is 4.80. The van der Waals surface area contributed by atoms with E-state index in [1.807, 2.05) is 24.4 Å². The van der Waals surface area contributed by atoms with Crippen molar-refractivity contribution >= 4 is 28.4 Å². The third-order valence-corrected chi connectivity index (χ3v) is 3.37. The molecule has 0 bridgehead atoms. The number of amides is 1. The molecule has 108 valence electrons. The monoisotopic (exact) mass is 304 g/mol. The molecule has 1 amide bonds. The van der Waals surface area contributed by atoms with Gasteiger partial charge in [0.05, 0.1) is 0 Å². The Morgan fingerprint density at radius 3 is 3.10 bits per heavy atom. The first-order chi connectivity index (χ1) is 10.1. The summed E-state index contributed by atoms with van der Waals surface area (Å²) in [7, 11) is 0. The third kappa shape index (κ3) is 2.90. The van der Waals surface area contributed by atoms with Crippen molar-refractivity contribution in [2.75, 3.05) is 6.54 Å². The second-order valence-corrected chi connectivity index (χ2v) is 5.09. The van der Waals surface area contributed by atoms with Crippen molar-refractivity contribution in [3.05, 3.63) is 46.7 Å². The smallest absolute Gasteiger partial charge is 0.315 e. The zero-order chi connectivity index (χ0) is 14.8. The van der Waals surface area contributed by atoms with E-state index in [9.17, 15) is 4.79 Å². The molecule has 2 N–H and O–H groups in total. The number of carbonyl (C=O) groups excluding carboxylic acids is 1. The van der Waals surface area contributed by atoms with Gasteiger partial charge in [0.15, 0.2) is 5.82 Å². The van der Waals surface area contributed by atoms with Crippen LogP contribution in [0.25, 0.3) is 10.9 Å². The first-order valence-corrected chi connectivity index (χ1v) is 6.85. The van der Waals surface area contributed by atoms with Crippen LogP contribution >= 0.6 is 11.6 Å². The molecular formula is C14H13ClN4O2. The molecule has 21 heavy (non-hydrogen) atoms. The minimum absolute atomic E-state index is 0.0190. The molecule has 0 saturated heterocycles. The fourth-order valence-electron chi connectivity index (χ4n) is 2.13. The normalized spacial score (nSPS) is 11.0. The highest BCUT2D eigenvalue weighted by Gasteiger charge is 2.13. The van der Waals surface area contributed by atoms with Crippen LogP contribution in [0.5, 0.6) is 0 Å². The van der Waals surface area contributed by atoms with Gasteiger partial charge in [-0.2, -0.15) is 4.98 Å². The van der Waals surface area contributed by atoms with Crippen molar-refractivity contribution < 1.29 is 9.32 Å². The van der Waals surface area contributed by atoms with Gasteiger partial charge in [-0.3, -0.25) is 4.79 Å². The lowest BCUT2D eigenvalue weighted by molar-refractivity contribution is 0.0910. The zero-order valence-electron chi connectivity index (χ0n) is 11.3. The Labute approximate surface area is 125 Å². The maximum absolute atomic E-state index is 11.8. The van der Waals surface area contributed by atoms with Gasteiger partial charge in [-0.15, -0.1) is 0 Å². The molecule has 0 aliphatic heterocycles. The number of hydrogen-bond donors (Lipinski definition) is 2. The van der Waals surface area contributed by atoms with Crippen molar-refractivity contribution in [3.63, 3.8) is 0 Å². The lowest BCUT2D eigenvalue weighted by Gasteiger charge is -2.02. The highest BCUT2D eigenvalue weighted by molar-refractivity contribution is 6.31. The molecule has 0 spiro atoms. The molecule has 3 aromatic rings. The van der Waals surface area contributed by atoms with Gasteiger partial charge in [0.2, 0.25) is 0 Å². The van der Waals surface area contributed by atoms with Crippen LogP contribution in [0.2, 0.25) is 5.02 Å². The number of nitrogens with zero attached hydrogens (tertiary/aromatic N) is 2. The second-order valence-electron chi connectivity index (χ2n) is 4.66. The fourth-order valence-corrected chi connectivity index (χ4v) is 2.31. The quantitative estimate of drug-likeness (QED) is 0.775. The summed E-state index contributed by atoms with van der Waals surface area (Å²) in [5.41, 5.74) is 2.11. The van der Waals surface area contributed by atoms with Gasteiger partial charge in [0, 0.05) is 28.7 Å². The Hall–Kier alpha value is -2.34. The van der Waals surface area contributed by atoms with E-state index in [4.69, 9.17) is 16.1 Å². The Balaban J connectivity index is 1.64. The molecule has 3 rings (SSSR count). The molecule has 0 saturated carbocycles. The maximum atomic E-state index is 11.8. The molecular weight excluding hydrogens is 292 g/mol. The number of hydrogen-bond acceptors (Lipinski definition) is 4. The fraction of sp³-hybridized carbons (Fsp3) is 0.214. The highest BCUT2D eigenvalue weighted by atomic mass is 35.5. The molecule has 0 unspecified atom stereocenters. The average molecular weight is 305 g/mol. The van der Waals surface area contributed by atoms with Crippen LogP contribution < -0.4 is 5.32 Å². The number of fused-ring (bicyclic) bond motifs is 1. The first-order valence-electron chi connectivity index (χ1n) is 6.47. The van der Waals surface area contributed by atoms with Crippen molar-refractivity contribution in [1.29, 1.82) is 0 Å². The summed E-state index contributed by atoms with van der Waals surface area (Å²) in [6.45, 7) is 2.13. The SMILES string of the molecule is Cc1noc(C(=O)NCCc2c[nH]c3ccc(Cl)cc23)n1. The van der Waals surface area contributed by atoms with E-state index in [2.05, 4.69) is 20.4 Å². The number of aromatic nitrogens is 3. The minimum Gasteiger partial charge on any atom is -0.361 e. The number of nitrogens with one attached hydrogen (secondary N) is 2. The third-order valence-electron chi connectivity index (χ3n) is 3.13. The van der Waals surface area contributed by atoms with E-state index >= 15 is 0 Å². The van der Waals surface area contributed by atoms with Gasteiger partial charge in [-0.1, -0.05) is 16.8 Å². The Morgan fingerprint density at radius 2 is 2.33 bits per heavy atom. The number of aromatic amines is 1. The molecule has 2 aromatic heterocycles. The van der Waals surface area contributed by atoms with Crippen LogP contribution in [0.4, 0.5) is 0 Å². The van der Waals surface area contributed by atoms with Crippen molar-refractivity contribution in [3.8, 4) is 0 Å². The van der Waals surface area contributed by atoms with E-state index in [1.165, 1.54) is 0 Å². The predicted octanol–water partition coefficient (Wildman–Crippen LogP) is 2.49. The number of aryl methyl sites for hydroxylation is 1. The summed E-state index contributed by atoms with van der Waals surface area (Å²) in [6.07, 6.45) is 2.60. The molecule has 2 heterocycles. The van der Waals surface area contributed by atoms with Gasteiger partial charge in [-0.05, 0) is 37.1 Å². The molecule has 0 aliphatic rings. The van der Waals surface area contributed by atoms with Crippen molar-refractivity contribution in [2.24, 2.45) is 0 Å². The van der Waals surface area contributed by atoms with Crippen LogP contribution in [-0.2, 0) is 6.42 Å². The van der Waals surface area contributed by atoms with Crippen LogP contribution in [0.3, 0.4) is 0 Å². The maximum Gasteiger partial charge on any atom is 0.315 e. The Bertz CT molecular complexity index is 793. The number of benzene rings is 1. The summed E-state index contributed by atoms with van der Waals surface area (Å²) in [5.74, 6) is 0.0503. The molecule has 0 atom stereocenters. The molecule has 0 radical (unpaired) electrons. The van der Waals surface area contributed by atoms with E-state index in [-0.39, 0.29) is 11.8 Å². The molecule has 0 aliphatic carbocycles. The number of halogens is 1. The van der Waals surface area contributed by atoms with Crippen molar-refractivity contribution in [1.82, 2.24) is 20.4 Å². The van der Waals surface area contributed by atoms with E-state index in [0.717, 1.165) is 16.5 Å². The van der Waals surface area contributed by atoms with Gasteiger partial charge < -0.3 is 14.8 Å². The van der Waals surface area contributed by atoms with E-state index in [0.29, 0.717) is 23.8 Å². The first kappa shape index (κ1) is 13.6. The van der Waals surface area contributed by atoms with Gasteiger partial charge in [-0.25, -0.2) is 0 Å². The van der Waals surface area contributed by atoms with E-state index in [1.54, 1.807) is 6.92 Å². The molecule has 0 fully saturated rings. The lowest BCUT2D eigenvalue weighted by atomic mass is 10.1. The summed E-state index contributed by atoms with van der Waals surface area (Å²) >= 11 is 6.00. The Morgan fingerprint density at radius 1 is 1.48 bits per heavy atom. The minimum atomic E-state index is -0.367. The standard InChI is InChI=1S/C14H13ClN4O2/c1-8-18-14(21-19-8)13(20)16-5-4-9-7-17-12-3-2-10(15)6-11(9)12/h2-3,6-7,17H,4-5H2,1H3,(H,16,20).